The smallest absolute Gasteiger partial charge is 0.285 e. The molecule has 0 fully saturated rings. The van der Waals surface area contributed by atoms with Crippen LogP contribution in [0.3, 0.4) is 0 Å². The van der Waals surface area contributed by atoms with Crippen molar-refractivity contribution < 1.29 is 8.78 Å². The molecule has 0 unspecified atom stereocenters. The number of rotatable bonds is 2. The Morgan fingerprint density at radius 2 is 1.91 bits per heavy atom. The van der Waals surface area contributed by atoms with E-state index in [-0.39, 0.29) is 5.56 Å². The van der Waals surface area contributed by atoms with Crippen LogP contribution in [0.1, 0.15) is 5.56 Å². The summed E-state index contributed by atoms with van der Waals surface area (Å²) >= 11 is 0. The van der Waals surface area contributed by atoms with Gasteiger partial charge >= 0.3 is 0 Å². The first kappa shape index (κ1) is 8.07. The third-order valence-corrected chi connectivity index (χ3v) is 1.36. The van der Waals surface area contributed by atoms with Crippen molar-refractivity contribution in [2.75, 3.05) is 6.54 Å². The predicted octanol–water partition coefficient (Wildman–Crippen LogP) is 1.13. The molecule has 2 N–H and O–H groups in total. The number of halogens is 2. The van der Waals surface area contributed by atoms with Gasteiger partial charge in [0.1, 0.15) is 0 Å². The lowest BCUT2D eigenvalue weighted by molar-refractivity contribution is 0.00587. The van der Waals surface area contributed by atoms with Crippen molar-refractivity contribution in [2.24, 2.45) is 5.73 Å². The number of hydrogen-bond acceptors (Lipinski definition) is 2. The number of pyridine rings is 1. The second-order valence-electron chi connectivity index (χ2n) is 2.14. The first-order valence-electron chi connectivity index (χ1n) is 3.15. The highest BCUT2D eigenvalue weighted by Gasteiger charge is 2.28. The van der Waals surface area contributed by atoms with Gasteiger partial charge in [-0.3, -0.25) is 4.98 Å². The second-order valence-corrected chi connectivity index (χ2v) is 2.14. The number of nitrogens with two attached hydrogens (primary N) is 1. The van der Waals surface area contributed by atoms with Gasteiger partial charge in [-0.2, -0.15) is 8.78 Å². The Hall–Kier alpha value is -1.03. The molecule has 0 bridgehead atoms. The monoisotopic (exact) mass is 158 g/mol. The van der Waals surface area contributed by atoms with Crippen LogP contribution in [0.4, 0.5) is 8.78 Å². The molecule has 2 nitrogen and oxygen atoms in total. The molecule has 0 radical (unpaired) electrons. The van der Waals surface area contributed by atoms with Crippen LogP contribution in [-0.2, 0) is 5.92 Å². The van der Waals surface area contributed by atoms with E-state index in [9.17, 15) is 8.78 Å². The summed E-state index contributed by atoms with van der Waals surface area (Å²) in [5.74, 6) is -2.93. The number of alkyl halides is 2. The van der Waals surface area contributed by atoms with Crippen LogP contribution in [0.2, 0.25) is 0 Å². The van der Waals surface area contributed by atoms with Crippen molar-refractivity contribution in [3.05, 3.63) is 30.1 Å². The van der Waals surface area contributed by atoms with Gasteiger partial charge in [-0.1, -0.05) is 0 Å². The van der Waals surface area contributed by atoms with E-state index in [1.54, 1.807) is 0 Å². The molecule has 60 valence electrons. The summed E-state index contributed by atoms with van der Waals surface area (Å²) in [7, 11) is 0. The van der Waals surface area contributed by atoms with Gasteiger partial charge in [-0.25, -0.2) is 0 Å². The Balaban J connectivity index is 2.93. The van der Waals surface area contributed by atoms with E-state index in [0.717, 1.165) is 0 Å². The molecule has 0 aliphatic heterocycles. The summed E-state index contributed by atoms with van der Waals surface area (Å²) in [5.41, 5.74) is 4.78. The minimum Gasteiger partial charge on any atom is -0.325 e. The Bertz CT molecular complexity index is 223. The average molecular weight is 158 g/mol. The van der Waals surface area contributed by atoms with Gasteiger partial charge in [0.15, 0.2) is 0 Å². The maximum atomic E-state index is 12.7. The zero-order valence-corrected chi connectivity index (χ0v) is 5.80. The highest BCUT2D eigenvalue weighted by molar-refractivity contribution is 5.16. The van der Waals surface area contributed by atoms with Crippen LogP contribution in [-0.4, -0.2) is 11.5 Å². The van der Waals surface area contributed by atoms with Crippen molar-refractivity contribution in [3.8, 4) is 0 Å². The van der Waals surface area contributed by atoms with E-state index in [1.807, 2.05) is 0 Å². The zero-order chi connectivity index (χ0) is 8.32. The molecule has 11 heavy (non-hydrogen) atoms. The summed E-state index contributed by atoms with van der Waals surface area (Å²) in [5, 5.41) is 0. The summed E-state index contributed by atoms with van der Waals surface area (Å²) < 4.78 is 25.5. The standard InChI is InChI=1S/C7H8F2N2/c8-7(9,5-10)6-1-3-11-4-2-6/h1-4H,5,10H2. The van der Waals surface area contributed by atoms with Gasteiger partial charge in [-0.05, 0) is 12.1 Å². The third-order valence-electron chi connectivity index (χ3n) is 1.36. The average Bonchev–Trinajstić information content (AvgIpc) is 2.06. The van der Waals surface area contributed by atoms with E-state index in [2.05, 4.69) is 4.98 Å². The van der Waals surface area contributed by atoms with Crippen molar-refractivity contribution >= 4 is 0 Å². The van der Waals surface area contributed by atoms with Crippen molar-refractivity contribution in [2.45, 2.75) is 5.92 Å². The van der Waals surface area contributed by atoms with Gasteiger partial charge in [0.25, 0.3) is 5.92 Å². The molecular weight excluding hydrogens is 150 g/mol. The topological polar surface area (TPSA) is 38.9 Å². The lowest BCUT2D eigenvalue weighted by atomic mass is 10.1. The van der Waals surface area contributed by atoms with Crippen molar-refractivity contribution in [3.63, 3.8) is 0 Å². The summed E-state index contributed by atoms with van der Waals surface area (Å²) in [4.78, 5) is 3.62. The molecule has 0 aromatic carbocycles. The molecule has 0 atom stereocenters. The van der Waals surface area contributed by atoms with Gasteiger partial charge in [0, 0.05) is 18.0 Å². The lowest BCUT2D eigenvalue weighted by Crippen LogP contribution is -2.24. The maximum Gasteiger partial charge on any atom is 0.285 e. The SMILES string of the molecule is NCC(F)(F)c1ccncc1. The number of aromatic nitrogens is 1. The Morgan fingerprint density at radius 3 is 2.36 bits per heavy atom. The highest BCUT2D eigenvalue weighted by atomic mass is 19.3. The van der Waals surface area contributed by atoms with E-state index in [1.165, 1.54) is 24.5 Å². The fourth-order valence-corrected chi connectivity index (χ4v) is 0.714. The van der Waals surface area contributed by atoms with Crippen molar-refractivity contribution in [1.29, 1.82) is 0 Å². The molecule has 0 aliphatic rings. The number of nitrogens with zero attached hydrogens (tertiary/aromatic N) is 1. The highest BCUT2D eigenvalue weighted by Crippen LogP contribution is 2.24. The minimum absolute atomic E-state index is 0.0880. The van der Waals surface area contributed by atoms with E-state index in [4.69, 9.17) is 5.73 Å². The molecule has 0 saturated carbocycles. The first-order valence-corrected chi connectivity index (χ1v) is 3.15. The summed E-state index contributed by atoms with van der Waals surface area (Å²) in [6.45, 7) is -0.670. The molecule has 0 spiro atoms. The molecule has 0 amide bonds. The molecule has 1 heterocycles. The van der Waals surface area contributed by atoms with Gasteiger partial charge in [0.05, 0.1) is 6.54 Å². The number of hydrogen-bond donors (Lipinski definition) is 1. The van der Waals surface area contributed by atoms with Crippen LogP contribution in [0.5, 0.6) is 0 Å². The largest absolute Gasteiger partial charge is 0.325 e. The van der Waals surface area contributed by atoms with Crippen LogP contribution in [0.15, 0.2) is 24.5 Å². The third kappa shape index (κ3) is 1.71. The lowest BCUT2D eigenvalue weighted by Gasteiger charge is -2.12. The quantitative estimate of drug-likeness (QED) is 0.700. The van der Waals surface area contributed by atoms with Crippen LogP contribution in [0.25, 0.3) is 0 Å². The molecule has 0 saturated heterocycles. The summed E-state index contributed by atoms with van der Waals surface area (Å²) in [6, 6.07) is 2.51. The Labute approximate surface area is 63.1 Å². The van der Waals surface area contributed by atoms with E-state index < -0.39 is 12.5 Å². The maximum absolute atomic E-state index is 12.7. The molecule has 0 aliphatic carbocycles. The minimum atomic E-state index is -2.93. The molecule has 1 rings (SSSR count). The molecule has 1 aromatic rings. The van der Waals surface area contributed by atoms with Gasteiger partial charge in [-0.15, -0.1) is 0 Å². The fraction of sp³-hybridized carbons (Fsp3) is 0.286. The molecular formula is C7H8F2N2. The van der Waals surface area contributed by atoms with Gasteiger partial charge in [0.2, 0.25) is 0 Å². The predicted molar refractivity (Wildman–Crippen MR) is 37.2 cm³/mol. The Kier molecular flexibility index (Phi) is 2.14. The van der Waals surface area contributed by atoms with Crippen LogP contribution < -0.4 is 5.73 Å². The second kappa shape index (κ2) is 2.92. The van der Waals surface area contributed by atoms with Crippen LogP contribution >= 0.6 is 0 Å². The normalized spacial score (nSPS) is 11.5. The van der Waals surface area contributed by atoms with Crippen LogP contribution in [0, 0.1) is 0 Å². The van der Waals surface area contributed by atoms with Gasteiger partial charge < -0.3 is 5.73 Å². The summed E-state index contributed by atoms with van der Waals surface area (Å²) in [6.07, 6.45) is 2.64. The Morgan fingerprint density at radius 1 is 1.36 bits per heavy atom. The zero-order valence-electron chi connectivity index (χ0n) is 5.80. The van der Waals surface area contributed by atoms with E-state index in [0.29, 0.717) is 0 Å². The van der Waals surface area contributed by atoms with E-state index >= 15 is 0 Å². The van der Waals surface area contributed by atoms with Crippen molar-refractivity contribution in [1.82, 2.24) is 4.98 Å². The fourth-order valence-electron chi connectivity index (χ4n) is 0.714. The molecule has 1 aromatic heterocycles. The molecule has 4 heteroatoms. The first-order chi connectivity index (χ1) is 5.17.